The molecule has 1 aliphatic rings. The molecule has 1 atom stereocenters. The Balaban J connectivity index is 1.95. The van der Waals surface area contributed by atoms with Crippen molar-refractivity contribution in [2.45, 2.75) is 51.3 Å². The largest absolute Gasteiger partial charge is 0.469 e. The average Bonchev–Trinajstić information content (AvgIpc) is 2.45. The second-order valence-electron chi connectivity index (χ2n) is 6.20. The summed E-state index contributed by atoms with van der Waals surface area (Å²) in [7, 11) is 1.42. The van der Waals surface area contributed by atoms with Gasteiger partial charge in [-0.2, -0.15) is 0 Å². The van der Waals surface area contributed by atoms with Gasteiger partial charge < -0.3 is 14.8 Å². The number of methoxy groups -OCH3 is 1. The summed E-state index contributed by atoms with van der Waals surface area (Å²) in [5, 5.41) is 3.59. The van der Waals surface area contributed by atoms with Crippen LogP contribution in [0.3, 0.4) is 0 Å². The number of carbonyl (C=O) groups excluding carboxylic acids is 1. The molecule has 116 valence electrons. The van der Waals surface area contributed by atoms with Crippen LogP contribution in [0.4, 0.5) is 0 Å². The van der Waals surface area contributed by atoms with Gasteiger partial charge in [0.05, 0.1) is 19.1 Å². The predicted octanol–water partition coefficient (Wildman–Crippen LogP) is 2.45. The van der Waals surface area contributed by atoms with Gasteiger partial charge in [0, 0.05) is 19.2 Å². The van der Waals surface area contributed by atoms with Crippen LogP contribution in [0, 0.1) is 0 Å². The summed E-state index contributed by atoms with van der Waals surface area (Å²) in [6.07, 6.45) is 2.36. The maximum atomic E-state index is 11.5. The first-order chi connectivity index (χ1) is 10.00. The summed E-state index contributed by atoms with van der Waals surface area (Å²) < 4.78 is 10.5. The third kappa shape index (κ3) is 4.83. The van der Waals surface area contributed by atoms with E-state index in [-0.39, 0.29) is 11.6 Å². The van der Waals surface area contributed by atoms with Crippen LogP contribution in [0.2, 0.25) is 0 Å². The molecule has 0 radical (unpaired) electrons. The van der Waals surface area contributed by atoms with Crippen molar-refractivity contribution in [3.63, 3.8) is 0 Å². The average molecular weight is 291 g/mol. The lowest BCUT2D eigenvalue weighted by atomic mass is 9.93. The van der Waals surface area contributed by atoms with Gasteiger partial charge in [-0.1, -0.05) is 24.3 Å². The van der Waals surface area contributed by atoms with E-state index >= 15 is 0 Å². The molecule has 1 aromatic carbocycles. The van der Waals surface area contributed by atoms with Gasteiger partial charge in [-0.25, -0.2) is 0 Å². The van der Waals surface area contributed by atoms with E-state index in [4.69, 9.17) is 9.47 Å². The monoisotopic (exact) mass is 291 g/mol. The van der Waals surface area contributed by atoms with Crippen LogP contribution in [0.15, 0.2) is 24.3 Å². The van der Waals surface area contributed by atoms with Crippen molar-refractivity contribution >= 4 is 5.97 Å². The molecule has 0 spiro atoms. The fourth-order valence-corrected chi connectivity index (χ4v) is 2.79. The molecule has 1 aromatic rings. The van der Waals surface area contributed by atoms with Crippen LogP contribution < -0.4 is 5.32 Å². The normalized spacial score (nSPS) is 21.0. The van der Waals surface area contributed by atoms with Crippen molar-refractivity contribution in [3.8, 4) is 0 Å². The molecular formula is C17H25NO3. The summed E-state index contributed by atoms with van der Waals surface area (Å²) in [6, 6.07) is 8.47. The first kappa shape index (κ1) is 16.0. The van der Waals surface area contributed by atoms with E-state index in [0.29, 0.717) is 12.5 Å². The van der Waals surface area contributed by atoms with E-state index in [0.717, 1.165) is 37.1 Å². The van der Waals surface area contributed by atoms with Gasteiger partial charge >= 0.3 is 5.97 Å². The number of benzene rings is 1. The Morgan fingerprint density at radius 2 is 2.10 bits per heavy atom. The molecule has 4 heteroatoms. The summed E-state index contributed by atoms with van der Waals surface area (Å²) in [5.74, 6) is -0.199. The lowest BCUT2D eigenvalue weighted by molar-refractivity contribution is -0.139. The van der Waals surface area contributed by atoms with Crippen LogP contribution >= 0.6 is 0 Å². The van der Waals surface area contributed by atoms with Crippen LogP contribution in [-0.4, -0.2) is 31.3 Å². The van der Waals surface area contributed by atoms with Crippen molar-refractivity contribution in [1.29, 1.82) is 0 Å². The molecule has 0 bridgehead atoms. The SMILES string of the molecule is COC(=O)Cc1ccccc1CNC1CCOC(C)(C)C1. The highest BCUT2D eigenvalue weighted by Crippen LogP contribution is 2.24. The minimum absolute atomic E-state index is 0.0541. The van der Waals surface area contributed by atoms with Gasteiger partial charge in [-0.15, -0.1) is 0 Å². The van der Waals surface area contributed by atoms with Crippen molar-refractivity contribution < 1.29 is 14.3 Å². The summed E-state index contributed by atoms with van der Waals surface area (Å²) in [6.45, 7) is 5.83. The van der Waals surface area contributed by atoms with Crippen LogP contribution in [0.25, 0.3) is 0 Å². The topological polar surface area (TPSA) is 47.6 Å². The molecule has 1 N–H and O–H groups in total. The molecule has 0 aromatic heterocycles. The number of hydrogen-bond donors (Lipinski definition) is 1. The van der Waals surface area contributed by atoms with E-state index in [1.807, 2.05) is 18.2 Å². The van der Waals surface area contributed by atoms with E-state index in [1.54, 1.807) is 0 Å². The minimum atomic E-state index is -0.199. The smallest absolute Gasteiger partial charge is 0.309 e. The lowest BCUT2D eigenvalue weighted by Crippen LogP contribution is -2.43. The third-order valence-electron chi connectivity index (χ3n) is 3.96. The quantitative estimate of drug-likeness (QED) is 0.847. The fraction of sp³-hybridized carbons (Fsp3) is 0.588. The van der Waals surface area contributed by atoms with Crippen LogP contribution in [-0.2, 0) is 27.2 Å². The van der Waals surface area contributed by atoms with Gasteiger partial charge in [-0.3, -0.25) is 4.79 Å². The molecule has 1 heterocycles. The highest BCUT2D eigenvalue weighted by atomic mass is 16.5. The number of rotatable bonds is 5. The highest BCUT2D eigenvalue weighted by molar-refractivity contribution is 5.72. The van der Waals surface area contributed by atoms with Gasteiger partial charge in [0.15, 0.2) is 0 Å². The Bertz CT molecular complexity index is 485. The minimum Gasteiger partial charge on any atom is -0.469 e. The molecule has 4 nitrogen and oxygen atoms in total. The number of ether oxygens (including phenoxy) is 2. The van der Waals surface area contributed by atoms with Gasteiger partial charge in [-0.05, 0) is 37.8 Å². The third-order valence-corrected chi connectivity index (χ3v) is 3.96. The fourth-order valence-electron chi connectivity index (χ4n) is 2.79. The van der Waals surface area contributed by atoms with Crippen LogP contribution in [0.5, 0.6) is 0 Å². The molecule has 1 fully saturated rings. The zero-order valence-electron chi connectivity index (χ0n) is 13.1. The van der Waals surface area contributed by atoms with Crippen molar-refractivity contribution in [2.75, 3.05) is 13.7 Å². The Morgan fingerprint density at radius 3 is 2.76 bits per heavy atom. The Kier molecular flexibility index (Phi) is 5.37. The molecule has 0 amide bonds. The second-order valence-corrected chi connectivity index (χ2v) is 6.20. The van der Waals surface area contributed by atoms with E-state index in [9.17, 15) is 4.79 Å². The molecule has 1 aliphatic heterocycles. The Hall–Kier alpha value is -1.39. The Morgan fingerprint density at radius 1 is 1.38 bits per heavy atom. The van der Waals surface area contributed by atoms with Gasteiger partial charge in [0.25, 0.3) is 0 Å². The maximum absolute atomic E-state index is 11.5. The molecule has 21 heavy (non-hydrogen) atoms. The number of carbonyl (C=O) groups is 1. The molecular weight excluding hydrogens is 266 g/mol. The number of hydrogen-bond acceptors (Lipinski definition) is 4. The van der Waals surface area contributed by atoms with Crippen molar-refractivity contribution in [2.24, 2.45) is 0 Å². The van der Waals surface area contributed by atoms with E-state index < -0.39 is 0 Å². The van der Waals surface area contributed by atoms with Gasteiger partial charge in [0.2, 0.25) is 0 Å². The van der Waals surface area contributed by atoms with E-state index in [2.05, 4.69) is 25.2 Å². The zero-order valence-corrected chi connectivity index (χ0v) is 13.1. The molecule has 1 saturated heterocycles. The first-order valence-electron chi connectivity index (χ1n) is 7.51. The highest BCUT2D eigenvalue weighted by Gasteiger charge is 2.28. The molecule has 1 unspecified atom stereocenters. The Labute approximate surface area is 126 Å². The van der Waals surface area contributed by atoms with E-state index in [1.165, 1.54) is 7.11 Å². The number of esters is 1. The first-order valence-corrected chi connectivity index (χ1v) is 7.51. The summed E-state index contributed by atoms with van der Waals surface area (Å²) in [4.78, 5) is 11.5. The summed E-state index contributed by atoms with van der Waals surface area (Å²) >= 11 is 0. The molecule has 2 rings (SSSR count). The lowest BCUT2D eigenvalue weighted by Gasteiger charge is -2.36. The van der Waals surface area contributed by atoms with Crippen LogP contribution in [0.1, 0.15) is 37.8 Å². The number of nitrogens with one attached hydrogen (secondary N) is 1. The molecule has 0 saturated carbocycles. The second kappa shape index (κ2) is 7.05. The maximum Gasteiger partial charge on any atom is 0.309 e. The summed E-state index contributed by atoms with van der Waals surface area (Å²) in [5.41, 5.74) is 2.14. The van der Waals surface area contributed by atoms with Gasteiger partial charge in [0.1, 0.15) is 0 Å². The standard InChI is InChI=1S/C17H25NO3/c1-17(2)11-15(8-9-21-17)18-12-14-7-5-4-6-13(14)10-16(19)20-3/h4-7,15,18H,8-12H2,1-3H3. The van der Waals surface area contributed by atoms with Crippen molar-refractivity contribution in [3.05, 3.63) is 35.4 Å². The zero-order chi connectivity index (χ0) is 15.3. The van der Waals surface area contributed by atoms with Crippen molar-refractivity contribution in [1.82, 2.24) is 5.32 Å². The molecule has 0 aliphatic carbocycles. The predicted molar refractivity (Wildman–Crippen MR) is 82.1 cm³/mol.